The monoisotopic (exact) mass is 452 g/mol. The highest BCUT2D eigenvalue weighted by Crippen LogP contribution is 2.69. The average molecular weight is 452 g/mol. The molecule has 1 unspecified atom stereocenters. The Balaban J connectivity index is 1.64. The molecule has 3 heterocycles. The third kappa shape index (κ3) is 3.54. The summed E-state index contributed by atoms with van der Waals surface area (Å²) in [5, 5.41) is 4.83. The first kappa shape index (κ1) is 21.7. The van der Waals surface area contributed by atoms with Crippen LogP contribution in [-0.4, -0.2) is 11.7 Å². The van der Waals surface area contributed by atoms with Crippen LogP contribution in [0, 0.1) is 17.8 Å². The van der Waals surface area contributed by atoms with Crippen molar-refractivity contribution >= 4 is 29.3 Å². The smallest absolute Gasteiger partial charge is 0.101 e. The van der Waals surface area contributed by atoms with Crippen molar-refractivity contribution in [1.29, 1.82) is 0 Å². The van der Waals surface area contributed by atoms with Gasteiger partial charge in [-0.05, 0) is 48.4 Å². The first-order chi connectivity index (χ1) is 16.2. The fourth-order valence-electron chi connectivity index (χ4n) is 9.36. The van der Waals surface area contributed by atoms with Gasteiger partial charge >= 0.3 is 0 Å². The Kier molecular flexibility index (Phi) is 5.74. The molecular weight excluding hydrogens is 414 g/mol. The predicted octanol–water partition coefficient (Wildman–Crippen LogP) is 7.20. The molecule has 0 nitrogen and oxygen atoms in total. The lowest BCUT2D eigenvalue weighted by molar-refractivity contribution is 0.186. The summed E-state index contributed by atoms with van der Waals surface area (Å²) in [7, 11) is -1.80. The molecule has 7 rings (SSSR count). The van der Waals surface area contributed by atoms with Crippen LogP contribution in [0.15, 0.2) is 91.0 Å². The van der Waals surface area contributed by atoms with Gasteiger partial charge in [0.2, 0.25) is 0 Å². The molecule has 0 aromatic heterocycles. The van der Waals surface area contributed by atoms with Crippen LogP contribution in [0.2, 0.25) is 19.0 Å². The van der Waals surface area contributed by atoms with Gasteiger partial charge in [-0.1, -0.05) is 105 Å². The van der Waals surface area contributed by atoms with Gasteiger partial charge in [-0.25, -0.2) is 0 Å². The molecule has 3 aromatic rings. The van der Waals surface area contributed by atoms with Gasteiger partial charge in [-0.3, -0.25) is 0 Å². The van der Waals surface area contributed by atoms with E-state index in [1.807, 2.05) is 0 Å². The normalized spacial score (nSPS) is 29.2. The Morgan fingerprint density at radius 2 is 1.00 bits per heavy atom. The number of benzene rings is 3. The maximum Gasteiger partial charge on any atom is 0.101 e. The van der Waals surface area contributed by atoms with E-state index in [1.54, 1.807) is 34.9 Å². The molecule has 3 aromatic carbocycles. The third-order valence-electron chi connectivity index (χ3n) is 9.80. The van der Waals surface area contributed by atoms with Crippen LogP contribution in [0.5, 0.6) is 0 Å². The van der Waals surface area contributed by atoms with Gasteiger partial charge in [0.25, 0.3) is 0 Å². The predicted molar refractivity (Wildman–Crippen MR) is 148 cm³/mol. The summed E-state index contributed by atoms with van der Waals surface area (Å²) < 4.78 is 0. The summed E-state index contributed by atoms with van der Waals surface area (Å²) in [6, 6.07) is 35.3. The zero-order valence-corrected chi connectivity index (χ0v) is 21.0. The molecule has 0 amide bonds. The fourth-order valence-corrected chi connectivity index (χ4v) is 15.3. The SMILES string of the molecule is CCCC([B-]12CC3CC(CC(C3)C1)C2)[P+](c1ccccc1)(c1ccccc1)c1ccccc1. The number of hydrogen-bond acceptors (Lipinski definition) is 0. The second-order valence-electron chi connectivity index (χ2n) is 11.7. The van der Waals surface area contributed by atoms with Crippen molar-refractivity contribution in [2.75, 3.05) is 0 Å². The quantitative estimate of drug-likeness (QED) is 0.263. The van der Waals surface area contributed by atoms with Crippen LogP contribution in [0.25, 0.3) is 0 Å². The first-order valence-corrected chi connectivity index (χ1v) is 15.4. The standard InChI is InChI=1S/C31H38BP/c1-2-12-31(32-22-25-19-26(23-32)21-27(20-25)24-32)33(28-13-6-3-7-14-28,29-15-8-4-9-16-29)30-17-10-5-11-18-30/h3-11,13-18,25-27,31H,2,12,19-24H2,1H3. The van der Waals surface area contributed by atoms with Crippen LogP contribution >= 0.6 is 7.26 Å². The number of hydrogen-bond donors (Lipinski definition) is 0. The highest BCUT2D eigenvalue weighted by Gasteiger charge is 2.60. The van der Waals surface area contributed by atoms with E-state index in [0.717, 1.165) is 23.3 Å². The maximum atomic E-state index is 2.48. The highest BCUT2D eigenvalue weighted by molar-refractivity contribution is 7.97. The topological polar surface area (TPSA) is 0 Å². The molecule has 1 saturated carbocycles. The van der Waals surface area contributed by atoms with Gasteiger partial charge < -0.3 is 0 Å². The molecule has 0 radical (unpaired) electrons. The van der Waals surface area contributed by atoms with Crippen LogP contribution in [0.4, 0.5) is 0 Å². The summed E-state index contributed by atoms with van der Waals surface area (Å²) in [6.45, 7) is 2.44. The van der Waals surface area contributed by atoms with Crippen molar-refractivity contribution in [2.45, 2.75) is 63.5 Å². The summed E-state index contributed by atoms with van der Waals surface area (Å²) in [5.74, 6) is 3.04. The summed E-state index contributed by atoms with van der Waals surface area (Å²) in [6.07, 6.45) is 11.6. The zero-order valence-electron chi connectivity index (χ0n) is 20.2. The molecule has 3 saturated heterocycles. The Morgan fingerprint density at radius 3 is 1.33 bits per heavy atom. The lowest BCUT2D eigenvalue weighted by atomic mass is 9.09. The van der Waals surface area contributed by atoms with E-state index >= 15 is 0 Å². The Bertz CT molecular complexity index is 930. The van der Waals surface area contributed by atoms with Crippen molar-refractivity contribution in [3.63, 3.8) is 0 Å². The molecule has 1 atom stereocenters. The molecular formula is C31H38BP. The molecule has 0 N–H and O–H groups in total. The molecule has 4 fully saturated rings. The van der Waals surface area contributed by atoms with E-state index in [0.29, 0.717) is 0 Å². The van der Waals surface area contributed by atoms with E-state index in [2.05, 4.69) is 97.9 Å². The van der Waals surface area contributed by atoms with E-state index in [1.165, 1.54) is 32.1 Å². The molecule has 2 heteroatoms. The van der Waals surface area contributed by atoms with Gasteiger partial charge in [-0.15, -0.1) is 0 Å². The van der Waals surface area contributed by atoms with Crippen LogP contribution in [-0.2, 0) is 0 Å². The van der Waals surface area contributed by atoms with Gasteiger partial charge in [0.05, 0.1) is 7.26 Å². The Labute approximate surface area is 201 Å². The lowest BCUT2D eigenvalue weighted by Gasteiger charge is -2.65. The van der Waals surface area contributed by atoms with E-state index in [-0.39, 0.29) is 6.15 Å². The van der Waals surface area contributed by atoms with Gasteiger partial charge in [0.1, 0.15) is 15.9 Å². The lowest BCUT2D eigenvalue weighted by Crippen LogP contribution is -2.62. The number of rotatable bonds is 7. The molecule has 170 valence electrons. The van der Waals surface area contributed by atoms with Crippen molar-refractivity contribution in [3.8, 4) is 0 Å². The average Bonchev–Trinajstić information content (AvgIpc) is 2.85. The maximum absolute atomic E-state index is 2.48. The summed E-state index contributed by atoms with van der Waals surface area (Å²) in [4.78, 5) is 0. The fraction of sp³-hybridized carbons (Fsp3) is 0.419. The Morgan fingerprint density at radius 1 is 0.636 bits per heavy atom. The summed E-state index contributed by atoms with van der Waals surface area (Å²) in [5.41, 5.74) is 0.795. The van der Waals surface area contributed by atoms with E-state index in [9.17, 15) is 0 Å². The molecule has 1 aliphatic carbocycles. The molecule has 4 aliphatic rings. The minimum Gasteiger partial charge on any atom is -0.171 e. The van der Waals surface area contributed by atoms with Crippen molar-refractivity contribution in [3.05, 3.63) is 91.0 Å². The van der Waals surface area contributed by atoms with Gasteiger partial charge in [-0.2, -0.15) is 19.0 Å². The van der Waals surface area contributed by atoms with Crippen LogP contribution < -0.4 is 15.9 Å². The minimum absolute atomic E-state index is 0.361. The Hall–Kier alpha value is -1.85. The molecule has 0 spiro atoms. The van der Waals surface area contributed by atoms with Crippen molar-refractivity contribution < 1.29 is 0 Å². The third-order valence-corrected chi connectivity index (χ3v) is 15.0. The van der Waals surface area contributed by atoms with E-state index < -0.39 is 7.26 Å². The van der Waals surface area contributed by atoms with Crippen LogP contribution in [0.3, 0.4) is 0 Å². The summed E-state index contributed by atoms with van der Waals surface area (Å²) >= 11 is 0. The second kappa shape index (κ2) is 8.74. The highest BCUT2D eigenvalue weighted by atomic mass is 31.2. The minimum atomic E-state index is -1.80. The van der Waals surface area contributed by atoms with Crippen LogP contribution in [0.1, 0.15) is 39.0 Å². The molecule has 4 bridgehead atoms. The van der Waals surface area contributed by atoms with Crippen molar-refractivity contribution in [1.82, 2.24) is 0 Å². The van der Waals surface area contributed by atoms with Gasteiger partial charge in [0, 0.05) is 6.15 Å². The van der Waals surface area contributed by atoms with Crippen molar-refractivity contribution in [2.24, 2.45) is 17.8 Å². The van der Waals surface area contributed by atoms with E-state index in [4.69, 9.17) is 0 Å². The van der Waals surface area contributed by atoms with Gasteiger partial charge in [0.15, 0.2) is 0 Å². The first-order valence-electron chi connectivity index (χ1n) is 13.5. The zero-order chi connectivity index (χ0) is 22.3. The largest absolute Gasteiger partial charge is 0.171 e. The second-order valence-corrected chi connectivity index (χ2v) is 15.3. The molecule has 33 heavy (non-hydrogen) atoms. The molecule has 3 aliphatic heterocycles.